The molecule has 5 heteroatoms. The van der Waals surface area contributed by atoms with Gasteiger partial charge in [-0.25, -0.2) is 10.6 Å². The van der Waals surface area contributed by atoms with E-state index in [4.69, 9.17) is 5.84 Å². The van der Waals surface area contributed by atoms with Gasteiger partial charge in [0.15, 0.2) is 0 Å². The fraction of sp³-hybridized carbons (Fsp3) is 0.429. The molecule has 0 aliphatic rings. The van der Waals surface area contributed by atoms with Gasteiger partial charge < -0.3 is 5.32 Å². The van der Waals surface area contributed by atoms with Gasteiger partial charge in [-0.1, -0.05) is 37.3 Å². The van der Waals surface area contributed by atoms with Gasteiger partial charge in [-0.3, -0.25) is 4.79 Å². The van der Waals surface area contributed by atoms with Crippen LogP contribution in [-0.2, 0) is 11.2 Å². The van der Waals surface area contributed by atoms with Crippen LogP contribution in [0.4, 0.5) is 4.79 Å². The molecule has 3 amide bonds. The Hall–Kier alpha value is -1.88. The predicted molar refractivity (Wildman–Crippen MR) is 74.1 cm³/mol. The molecule has 0 fully saturated rings. The number of imide groups is 1. The van der Waals surface area contributed by atoms with Crippen molar-refractivity contribution in [2.75, 3.05) is 0 Å². The minimum Gasteiger partial charge on any atom is -0.331 e. The Balaban J connectivity index is 2.60. The van der Waals surface area contributed by atoms with Crippen molar-refractivity contribution < 1.29 is 9.59 Å². The summed E-state index contributed by atoms with van der Waals surface area (Å²) < 4.78 is 0. The van der Waals surface area contributed by atoms with E-state index in [0.717, 1.165) is 19.3 Å². The van der Waals surface area contributed by atoms with Crippen LogP contribution in [0.5, 0.6) is 0 Å². The van der Waals surface area contributed by atoms with Gasteiger partial charge in [0.25, 0.3) is 0 Å². The van der Waals surface area contributed by atoms with Crippen LogP contribution in [0.2, 0.25) is 0 Å². The van der Waals surface area contributed by atoms with Gasteiger partial charge in [-0.2, -0.15) is 5.01 Å². The van der Waals surface area contributed by atoms with E-state index in [1.165, 1.54) is 5.56 Å². The second-order valence-electron chi connectivity index (χ2n) is 4.84. The average molecular weight is 263 g/mol. The minimum absolute atomic E-state index is 0.294. The lowest BCUT2D eigenvalue weighted by molar-refractivity contribution is -0.115. The van der Waals surface area contributed by atoms with Gasteiger partial charge in [-0.05, 0) is 31.7 Å². The lowest BCUT2D eigenvalue weighted by Gasteiger charge is -2.30. The van der Waals surface area contributed by atoms with E-state index in [1.54, 1.807) is 0 Å². The van der Waals surface area contributed by atoms with Crippen molar-refractivity contribution in [3.05, 3.63) is 35.9 Å². The van der Waals surface area contributed by atoms with Crippen LogP contribution in [0.1, 0.15) is 32.3 Å². The molecule has 0 bridgehead atoms. The second kappa shape index (κ2) is 6.89. The fourth-order valence-corrected chi connectivity index (χ4v) is 1.76. The standard InChI is InChI=1S/C14H21N3O2/c1-3-14(2,16-13(19)17(15)11-18)10-9-12-7-5-4-6-8-12/h4-8,11H,3,9-10,15H2,1-2H3,(H,16,19). The molecule has 0 aliphatic carbocycles. The number of hydrogen-bond donors (Lipinski definition) is 2. The van der Waals surface area contributed by atoms with Crippen molar-refractivity contribution in [3.63, 3.8) is 0 Å². The highest BCUT2D eigenvalue weighted by Gasteiger charge is 2.25. The van der Waals surface area contributed by atoms with E-state index in [-0.39, 0.29) is 5.54 Å². The first-order chi connectivity index (χ1) is 9.00. The molecular weight excluding hydrogens is 242 g/mol. The maximum atomic E-state index is 11.6. The topological polar surface area (TPSA) is 75.4 Å². The number of nitrogens with one attached hydrogen (secondary N) is 1. The first-order valence-electron chi connectivity index (χ1n) is 6.36. The largest absolute Gasteiger partial charge is 0.338 e. The lowest BCUT2D eigenvalue weighted by atomic mass is 9.91. The van der Waals surface area contributed by atoms with Gasteiger partial charge >= 0.3 is 6.03 Å². The minimum atomic E-state index is -0.576. The fourth-order valence-electron chi connectivity index (χ4n) is 1.76. The molecule has 0 radical (unpaired) electrons. The number of carbonyl (C=O) groups is 2. The molecule has 0 aliphatic heterocycles. The van der Waals surface area contributed by atoms with E-state index in [1.807, 2.05) is 32.0 Å². The number of hydrogen-bond acceptors (Lipinski definition) is 3. The van der Waals surface area contributed by atoms with Crippen molar-refractivity contribution in [2.24, 2.45) is 5.84 Å². The summed E-state index contributed by atoms with van der Waals surface area (Å²) in [6.45, 7) is 3.94. The zero-order chi connectivity index (χ0) is 14.3. The molecule has 1 aromatic rings. The number of rotatable bonds is 6. The summed E-state index contributed by atoms with van der Waals surface area (Å²) in [4.78, 5) is 22.1. The molecule has 0 saturated carbocycles. The van der Waals surface area contributed by atoms with Crippen molar-refractivity contribution in [1.29, 1.82) is 0 Å². The maximum absolute atomic E-state index is 11.6. The van der Waals surface area contributed by atoms with Crippen molar-refractivity contribution in [1.82, 2.24) is 10.3 Å². The molecule has 104 valence electrons. The van der Waals surface area contributed by atoms with Gasteiger partial charge in [0.1, 0.15) is 0 Å². The zero-order valence-electron chi connectivity index (χ0n) is 11.4. The Kier molecular flexibility index (Phi) is 5.51. The number of nitrogens with two attached hydrogens (primary N) is 1. The summed E-state index contributed by atoms with van der Waals surface area (Å²) in [5, 5.41) is 3.32. The molecule has 19 heavy (non-hydrogen) atoms. The zero-order valence-corrected chi connectivity index (χ0v) is 11.4. The summed E-state index contributed by atoms with van der Waals surface area (Å²) in [6.07, 6.45) is 2.70. The van der Waals surface area contributed by atoms with Crippen LogP contribution in [0.15, 0.2) is 30.3 Å². The summed E-state index contributed by atoms with van der Waals surface area (Å²) >= 11 is 0. The predicted octanol–water partition coefficient (Wildman–Crippen LogP) is 1.83. The van der Waals surface area contributed by atoms with Crippen molar-refractivity contribution in [2.45, 2.75) is 38.6 Å². The SMILES string of the molecule is CCC(C)(CCc1ccccc1)NC(=O)N(N)C=O. The monoisotopic (exact) mass is 263 g/mol. The highest BCUT2D eigenvalue weighted by Crippen LogP contribution is 2.18. The lowest BCUT2D eigenvalue weighted by Crippen LogP contribution is -2.53. The number of amides is 3. The third-order valence-corrected chi connectivity index (χ3v) is 3.35. The number of urea groups is 1. The number of nitrogens with zero attached hydrogens (tertiary/aromatic N) is 1. The van der Waals surface area contributed by atoms with Gasteiger partial charge in [-0.15, -0.1) is 0 Å². The number of benzene rings is 1. The number of carbonyl (C=O) groups excluding carboxylic acids is 2. The first-order valence-corrected chi connectivity index (χ1v) is 6.36. The highest BCUT2D eigenvalue weighted by atomic mass is 16.2. The molecule has 0 aromatic heterocycles. The first kappa shape index (κ1) is 15.2. The normalized spacial score (nSPS) is 13.4. The molecule has 5 nitrogen and oxygen atoms in total. The summed E-state index contributed by atoms with van der Waals surface area (Å²) in [5.41, 5.74) is 0.838. The van der Waals surface area contributed by atoms with Crippen molar-refractivity contribution >= 4 is 12.4 Å². The summed E-state index contributed by atoms with van der Waals surface area (Å²) in [6, 6.07) is 9.49. The van der Waals surface area contributed by atoms with E-state index in [9.17, 15) is 9.59 Å². The van der Waals surface area contributed by atoms with E-state index in [0.29, 0.717) is 11.4 Å². The third-order valence-electron chi connectivity index (χ3n) is 3.35. The van der Waals surface area contributed by atoms with Crippen LogP contribution in [0.3, 0.4) is 0 Å². The van der Waals surface area contributed by atoms with Gasteiger partial charge in [0.05, 0.1) is 0 Å². The Bertz CT molecular complexity index is 422. The molecule has 0 saturated heterocycles. The van der Waals surface area contributed by atoms with Crippen LogP contribution >= 0.6 is 0 Å². The smallest absolute Gasteiger partial charge is 0.331 e. The average Bonchev–Trinajstić information content (AvgIpc) is 2.45. The summed E-state index contributed by atoms with van der Waals surface area (Å²) in [7, 11) is 0. The van der Waals surface area contributed by atoms with Crippen LogP contribution in [-0.4, -0.2) is 23.0 Å². The third kappa shape index (κ3) is 4.71. The van der Waals surface area contributed by atoms with Crippen molar-refractivity contribution in [3.8, 4) is 0 Å². The second-order valence-corrected chi connectivity index (χ2v) is 4.84. The number of aryl methyl sites for hydroxylation is 1. The Morgan fingerprint density at radius 2 is 2.05 bits per heavy atom. The summed E-state index contributed by atoms with van der Waals surface area (Å²) in [5.74, 6) is 5.24. The van der Waals surface area contributed by atoms with Gasteiger partial charge in [0, 0.05) is 5.54 Å². The molecular formula is C14H21N3O2. The van der Waals surface area contributed by atoms with E-state index in [2.05, 4.69) is 17.4 Å². The van der Waals surface area contributed by atoms with Crippen LogP contribution in [0, 0.1) is 0 Å². The van der Waals surface area contributed by atoms with E-state index >= 15 is 0 Å². The highest BCUT2D eigenvalue weighted by molar-refractivity contribution is 5.84. The Labute approximate surface area is 113 Å². The van der Waals surface area contributed by atoms with E-state index < -0.39 is 6.03 Å². The molecule has 3 N–H and O–H groups in total. The molecule has 0 heterocycles. The molecule has 1 atom stereocenters. The molecule has 1 aromatic carbocycles. The molecule has 0 spiro atoms. The van der Waals surface area contributed by atoms with Gasteiger partial charge in [0.2, 0.25) is 6.41 Å². The van der Waals surface area contributed by atoms with Crippen LogP contribution in [0.25, 0.3) is 0 Å². The molecule has 1 unspecified atom stereocenters. The molecule has 1 rings (SSSR count). The maximum Gasteiger partial charge on any atom is 0.338 e. The number of hydrazine groups is 1. The van der Waals surface area contributed by atoms with Crippen LogP contribution < -0.4 is 11.2 Å². The quantitative estimate of drug-likeness (QED) is 0.356. The Morgan fingerprint density at radius 3 is 2.58 bits per heavy atom. The Morgan fingerprint density at radius 1 is 1.42 bits per heavy atom.